The van der Waals surface area contributed by atoms with Crippen LogP contribution in [0.3, 0.4) is 0 Å². The highest BCUT2D eigenvalue weighted by atomic mass is 35.5. The van der Waals surface area contributed by atoms with E-state index in [1.165, 1.54) is 16.9 Å². The van der Waals surface area contributed by atoms with Gasteiger partial charge in [-0.15, -0.1) is 11.3 Å². The lowest BCUT2D eigenvalue weighted by Gasteiger charge is -2.22. The van der Waals surface area contributed by atoms with E-state index < -0.39 is 0 Å². The van der Waals surface area contributed by atoms with Crippen LogP contribution in [0.1, 0.15) is 35.2 Å². The van der Waals surface area contributed by atoms with E-state index in [0.29, 0.717) is 8.67 Å². The minimum absolute atomic E-state index is 0.0487. The number of thiophene rings is 1. The molecule has 19 heavy (non-hydrogen) atoms. The van der Waals surface area contributed by atoms with Gasteiger partial charge in [0.15, 0.2) is 0 Å². The molecule has 0 fully saturated rings. The molecule has 2 aromatic heterocycles. The van der Waals surface area contributed by atoms with E-state index in [1.807, 2.05) is 18.3 Å². The Kier molecular flexibility index (Phi) is 3.78. The minimum Gasteiger partial charge on any atom is -0.271 e. The Labute approximate surface area is 125 Å². The monoisotopic (exact) mass is 313 g/mol. The average molecular weight is 314 g/mol. The number of pyridine rings is 1. The molecule has 2 heterocycles. The van der Waals surface area contributed by atoms with E-state index in [-0.39, 0.29) is 12.0 Å². The highest BCUT2D eigenvalue weighted by molar-refractivity contribution is 7.20. The predicted octanol–water partition coefficient (Wildman–Crippen LogP) is 3.68. The van der Waals surface area contributed by atoms with E-state index in [1.54, 1.807) is 0 Å². The van der Waals surface area contributed by atoms with E-state index in [2.05, 4.69) is 16.5 Å². The first-order valence-corrected chi connectivity index (χ1v) is 7.62. The number of aromatic nitrogens is 1. The van der Waals surface area contributed by atoms with Gasteiger partial charge in [0.2, 0.25) is 0 Å². The highest BCUT2D eigenvalue weighted by Crippen LogP contribution is 2.44. The molecule has 3 nitrogen and oxygen atoms in total. The summed E-state index contributed by atoms with van der Waals surface area (Å²) in [6.45, 7) is 0. The molecule has 6 heteroatoms. The first-order chi connectivity index (χ1) is 9.20. The fourth-order valence-corrected chi connectivity index (χ4v) is 4.31. The summed E-state index contributed by atoms with van der Waals surface area (Å²) < 4.78 is 1.37. The van der Waals surface area contributed by atoms with Crippen LogP contribution >= 0.6 is 34.5 Å². The molecular formula is C13H13Cl2N3S. The Morgan fingerprint density at radius 3 is 3.00 bits per heavy atom. The summed E-state index contributed by atoms with van der Waals surface area (Å²) in [6, 6.07) is 5.94. The van der Waals surface area contributed by atoms with Gasteiger partial charge in [-0.2, -0.15) is 0 Å². The Morgan fingerprint density at radius 1 is 1.47 bits per heavy atom. The van der Waals surface area contributed by atoms with Crippen molar-refractivity contribution in [3.63, 3.8) is 0 Å². The molecule has 0 radical (unpaired) electrons. The summed E-state index contributed by atoms with van der Waals surface area (Å²) in [5.74, 6) is 5.99. The van der Waals surface area contributed by atoms with Gasteiger partial charge in [-0.3, -0.25) is 16.3 Å². The van der Waals surface area contributed by atoms with Crippen LogP contribution in [0.15, 0.2) is 24.4 Å². The van der Waals surface area contributed by atoms with E-state index in [4.69, 9.17) is 29.0 Å². The van der Waals surface area contributed by atoms with Gasteiger partial charge in [0.05, 0.1) is 14.7 Å². The van der Waals surface area contributed by atoms with Crippen molar-refractivity contribution < 1.29 is 0 Å². The van der Waals surface area contributed by atoms with Crippen molar-refractivity contribution in [2.75, 3.05) is 0 Å². The summed E-state index contributed by atoms with van der Waals surface area (Å²) in [5.41, 5.74) is 6.25. The van der Waals surface area contributed by atoms with Gasteiger partial charge < -0.3 is 0 Å². The predicted molar refractivity (Wildman–Crippen MR) is 79.7 cm³/mol. The SMILES string of the molecule is NNC(c1cc(Cl)sc1Cl)C1CCc2cccnc21. The number of hydrogen-bond donors (Lipinski definition) is 2. The van der Waals surface area contributed by atoms with Crippen LogP contribution < -0.4 is 11.3 Å². The second-order valence-corrected chi connectivity index (χ2v) is 6.90. The molecule has 1 aliphatic carbocycles. The molecule has 2 atom stereocenters. The molecule has 0 aliphatic heterocycles. The topological polar surface area (TPSA) is 50.9 Å². The van der Waals surface area contributed by atoms with Gasteiger partial charge in [-0.05, 0) is 30.5 Å². The summed E-state index contributed by atoms with van der Waals surface area (Å²) in [4.78, 5) is 4.50. The van der Waals surface area contributed by atoms with Crippen LogP contribution in [0.4, 0.5) is 0 Å². The van der Waals surface area contributed by atoms with E-state index in [0.717, 1.165) is 24.1 Å². The number of hydrazine groups is 1. The molecule has 0 saturated carbocycles. The third-order valence-electron chi connectivity index (χ3n) is 3.60. The largest absolute Gasteiger partial charge is 0.271 e. The van der Waals surface area contributed by atoms with Crippen molar-refractivity contribution in [3.8, 4) is 0 Å². The number of hydrogen-bond acceptors (Lipinski definition) is 4. The van der Waals surface area contributed by atoms with Crippen LogP contribution in [0.25, 0.3) is 0 Å². The molecule has 2 unspecified atom stereocenters. The average Bonchev–Trinajstić information content (AvgIpc) is 2.96. The first-order valence-electron chi connectivity index (χ1n) is 6.05. The zero-order valence-electron chi connectivity index (χ0n) is 10.1. The maximum atomic E-state index is 6.24. The molecule has 1 aliphatic rings. The zero-order valence-corrected chi connectivity index (χ0v) is 12.4. The second-order valence-electron chi connectivity index (χ2n) is 4.62. The van der Waals surface area contributed by atoms with Crippen molar-refractivity contribution in [1.82, 2.24) is 10.4 Å². The van der Waals surface area contributed by atoms with E-state index >= 15 is 0 Å². The number of nitrogens with two attached hydrogens (primary N) is 1. The van der Waals surface area contributed by atoms with Crippen LogP contribution in [0.2, 0.25) is 8.67 Å². The quantitative estimate of drug-likeness (QED) is 0.671. The van der Waals surface area contributed by atoms with Gasteiger partial charge in [0.25, 0.3) is 0 Å². The van der Waals surface area contributed by atoms with Crippen LogP contribution in [-0.4, -0.2) is 4.98 Å². The standard InChI is InChI=1S/C13H13Cl2N3S/c14-10-6-9(13(15)19-10)12(18-16)8-4-3-7-2-1-5-17-11(7)8/h1-2,5-6,8,12,18H,3-4,16H2. The van der Waals surface area contributed by atoms with Gasteiger partial charge in [0, 0.05) is 23.4 Å². The molecule has 100 valence electrons. The van der Waals surface area contributed by atoms with Crippen molar-refractivity contribution in [2.24, 2.45) is 5.84 Å². The minimum atomic E-state index is -0.0487. The van der Waals surface area contributed by atoms with Crippen LogP contribution in [0.5, 0.6) is 0 Å². The van der Waals surface area contributed by atoms with Crippen LogP contribution in [0, 0.1) is 0 Å². The molecule has 3 rings (SSSR count). The molecule has 0 bridgehead atoms. The fraction of sp³-hybridized carbons (Fsp3) is 0.308. The van der Waals surface area contributed by atoms with Crippen molar-refractivity contribution in [1.29, 1.82) is 0 Å². The fourth-order valence-electron chi connectivity index (χ4n) is 2.76. The lowest BCUT2D eigenvalue weighted by atomic mass is 9.93. The van der Waals surface area contributed by atoms with Gasteiger partial charge in [0.1, 0.15) is 0 Å². The third kappa shape index (κ3) is 2.39. The molecule has 0 spiro atoms. The third-order valence-corrected chi connectivity index (χ3v) is 5.12. The number of nitrogens with one attached hydrogen (secondary N) is 1. The zero-order chi connectivity index (χ0) is 13.4. The Morgan fingerprint density at radius 2 is 2.32 bits per heavy atom. The maximum Gasteiger partial charge on any atom is 0.0992 e. The molecule has 0 aromatic carbocycles. The lowest BCUT2D eigenvalue weighted by Crippen LogP contribution is -2.32. The second kappa shape index (κ2) is 5.38. The lowest BCUT2D eigenvalue weighted by molar-refractivity contribution is 0.448. The number of fused-ring (bicyclic) bond motifs is 1. The molecule has 0 saturated heterocycles. The smallest absolute Gasteiger partial charge is 0.0992 e. The van der Waals surface area contributed by atoms with Crippen molar-refractivity contribution >= 4 is 34.5 Å². The normalized spacial score (nSPS) is 19.4. The summed E-state index contributed by atoms with van der Waals surface area (Å²) >= 11 is 13.6. The maximum absolute atomic E-state index is 6.24. The highest BCUT2D eigenvalue weighted by Gasteiger charge is 2.33. The van der Waals surface area contributed by atoms with Crippen LogP contribution in [-0.2, 0) is 6.42 Å². The summed E-state index contributed by atoms with van der Waals surface area (Å²) in [6.07, 6.45) is 3.87. The Bertz CT molecular complexity index is 599. The number of rotatable bonds is 3. The van der Waals surface area contributed by atoms with E-state index in [9.17, 15) is 0 Å². The molecule has 3 N–H and O–H groups in total. The van der Waals surface area contributed by atoms with Gasteiger partial charge >= 0.3 is 0 Å². The van der Waals surface area contributed by atoms with Crippen molar-refractivity contribution in [2.45, 2.75) is 24.8 Å². The summed E-state index contributed by atoms with van der Waals surface area (Å²) in [7, 11) is 0. The molecular weight excluding hydrogens is 301 g/mol. The Hall–Kier alpha value is -0.650. The molecule has 0 amide bonds. The van der Waals surface area contributed by atoms with Crippen molar-refractivity contribution in [3.05, 3.63) is 49.9 Å². The number of halogens is 2. The van der Waals surface area contributed by atoms with Gasteiger partial charge in [-0.25, -0.2) is 0 Å². The molecule has 2 aromatic rings. The number of aryl methyl sites for hydroxylation is 1. The summed E-state index contributed by atoms with van der Waals surface area (Å²) in [5, 5.41) is 0. The van der Waals surface area contributed by atoms with Gasteiger partial charge in [-0.1, -0.05) is 29.3 Å². The number of nitrogens with zero attached hydrogens (tertiary/aromatic N) is 1. The first kappa shape index (κ1) is 13.3. The Balaban J connectivity index is 1.99.